The molecule has 0 bridgehead atoms. The van der Waals surface area contributed by atoms with Crippen molar-refractivity contribution in [2.75, 3.05) is 32.7 Å². The van der Waals surface area contributed by atoms with E-state index in [1.54, 1.807) is 0 Å². The van der Waals surface area contributed by atoms with Gasteiger partial charge >= 0.3 is 0 Å². The third-order valence-corrected chi connectivity index (χ3v) is 4.88. The fourth-order valence-electron chi connectivity index (χ4n) is 3.32. The number of nitrogens with one attached hydrogen (secondary N) is 1. The summed E-state index contributed by atoms with van der Waals surface area (Å²) in [7, 11) is 0. The first-order chi connectivity index (χ1) is 11.1. The average Bonchev–Trinajstić information content (AvgIpc) is 2.84. The zero-order valence-electron chi connectivity index (χ0n) is 14.1. The maximum absolute atomic E-state index is 12.5. The first kappa shape index (κ1) is 22.5. The minimum absolute atomic E-state index is 0. The highest BCUT2D eigenvalue weighted by molar-refractivity contribution is 6.30. The molecular formula is C17H26Cl3N3O2. The second kappa shape index (κ2) is 10.6. The van der Waals surface area contributed by atoms with Crippen molar-refractivity contribution in [2.24, 2.45) is 0 Å². The lowest BCUT2D eigenvalue weighted by Crippen LogP contribution is -2.45. The van der Waals surface area contributed by atoms with E-state index in [1.807, 2.05) is 17.0 Å². The van der Waals surface area contributed by atoms with E-state index >= 15 is 0 Å². The van der Waals surface area contributed by atoms with Crippen LogP contribution in [0.2, 0.25) is 5.02 Å². The fourth-order valence-corrected chi connectivity index (χ4v) is 3.45. The topological polar surface area (TPSA) is 55.8 Å². The van der Waals surface area contributed by atoms with Crippen LogP contribution in [0.3, 0.4) is 0 Å². The molecule has 2 N–H and O–H groups in total. The van der Waals surface area contributed by atoms with Crippen LogP contribution in [0.15, 0.2) is 24.3 Å². The predicted molar refractivity (Wildman–Crippen MR) is 105 cm³/mol. The smallest absolute Gasteiger partial charge is 0.239 e. The lowest BCUT2D eigenvalue weighted by atomic mass is 10.2. The van der Waals surface area contributed by atoms with Crippen LogP contribution in [0.1, 0.15) is 18.4 Å². The van der Waals surface area contributed by atoms with Gasteiger partial charge in [-0.15, -0.1) is 24.8 Å². The monoisotopic (exact) mass is 409 g/mol. The lowest BCUT2D eigenvalue weighted by Gasteiger charge is -2.24. The summed E-state index contributed by atoms with van der Waals surface area (Å²) in [5, 5.41) is 13.4. The van der Waals surface area contributed by atoms with Gasteiger partial charge in [0.05, 0.1) is 12.1 Å². The Balaban J connectivity index is 0.00000156. The second-order valence-electron chi connectivity index (χ2n) is 6.43. The highest BCUT2D eigenvalue weighted by Crippen LogP contribution is 2.15. The van der Waals surface area contributed by atoms with Crippen molar-refractivity contribution >= 4 is 42.3 Å². The Morgan fingerprint density at radius 1 is 1.16 bits per heavy atom. The van der Waals surface area contributed by atoms with Crippen molar-refractivity contribution in [1.82, 2.24) is 15.1 Å². The van der Waals surface area contributed by atoms with E-state index in [0.717, 1.165) is 44.2 Å². The molecule has 2 atom stereocenters. The molecule has 5 nitrogen and oxygen atoms in total. The second-order valence-corrected chi connectivity index (χ2v) is 6.87. The molecule has 1 aromatic carbocycles. The Labute approximate surface area is 166 Å². The number of amides is 1. The number of hydrogen-bond acceptors (Lipinski definition) is 4. The molecule has 1 aromatic rings. The number of aliphatic hydroxyl groups is 1. The summed E-state index contributed by atoms with van der Waals surface area (Å²) in [6.07, 6.45) is 1.12. The van der Waals surface area contributed by atoms with Crippen molar-refractivity contribution in [1.29, 1.82) is 0 Å². The van der Waals surface area contributed by atoms with Gasteiger partial charge < -0.3 is 15.3 Å². The van der Waals surface area contributed by atoms with Gasteiger partial charge in [0.15, 0.2) is 0 Å². The summed E-state index contributed by atoms with van der Waals surface area (Å²) in [5.41, 5.74) is 1.25. The summed E-state index contributed by atoms with van der Waals surface area (Å²) in [6.45, 7) is 4.83. The number of benzene rings is 1. The molecular weight excluding hydrogens is 385 g/mol. The molecule has 0 saturated carbocycles. The van der Waals surface area contributed by atoms with Gasteiger partial charge in [-0.3, -0.25) is 9.69 Å². The Morgan fingerprint density at radius 3 is 2.52 bits per heavy atom. The van der Waals surface area contributed by atoms with Crippen LogP contribution in [0.25, 0.3) is 0 Å². The Bertz CT molecular complexity index is 544. The zero-order valence-corrected chi connectivity index (χ0v) is 16.5. The molecule has 0 radical (unpaired) electrons. The number of carbonyl (C=O) groups excluding carboxylic acids is 1. The minimum Gasteiger partial charge on any atom is -0.392 e. The molecule has 0 aliphatic carbocycles. The van der Waals surface area contributed by atoms with Gasteiger partial charge in [-0.05, 0) is 30.5 Å². The molecule has 1 amide bonds. The van der Waals surface area contributed by atoms with Gasteiger partial charge in [-0.1, -0.05) is 23.7 Å². The van der Waals surface area contributed by atoms with E-state index in [-0.39, 0.29) is 36.8 Å². The van der Waals surface area contributed by atoms with Gasteiger partial charge in [0.1, 0.15) is 0 Å². The van der Waals surface area contributed by atoms with Crippen LogP contribution in [0.5, 0.6) is 0 Å². The van der Waals surface area contributed by atoms with Crippen LogP contribution in [0, 0.1) is 0 Å². The van der Waals surface area contributed by atoms with E-state index in [9.17, 15) is 9.90 Å². The Kier molecular flexibility index (Phi) is 9.49. The van der Waals surface area contributed by atoms with Gasteiger partial charge in [-0.2, -0.15) is 0 Å². The number of aliphatic hydroxyl groups excluding tert-OH is 1. The predicted octanol–water partition coefficient (Wildman–Crippen LogP) is 1.94. The number of carbonyl (C=O) groups is 1. The molecule has 2 fully saturated rings. The number of rotatable bonds is 3. The molecule has 142 valence electrons. The van der Waals surface area contributed by atoms with Crippen LogP contribution < -0.4 is 5.32 Å². The molecule has 2 saturated heterocycles. The summed E-state index contributed by atoms with van der Waals surface area (Å²) < 4.78 is 0. The number of nitrogens with zero attached hydrogens (tertiary/aromatic N) is 2. The van der Waals surface area contributed by atoms with Crippen LogP contribution in [0.4, 0.5) is 0 Å². The van der Waals surface area contributed by atoms with E-state index in [0.29, 0.717) is 13.0 Å². The molecule has 25 heavy (non-hydrogen) atoms. The maximum atomic E-state index is 12.5. The SMILES string of the molecule is Cl.Cl.O=C(C1CC(O)CN1)N1CCCN(Cc2ccc(Cl)cc2)CC1. The summed E-state index contributed by atoms with van der Waals surface area (Å²) in [4.78, 5) is 16.8. The number of hydrogen-bond donors (Lipinski definition) is 2. The number of halogens is 3. The maximum Gasteiger partial charge on any atom is 0.239 e. The molecule has 2 aliphatic rings. The minimum atomic E-state index is -0.391. The molecule has 3 rings (SSSR count). The molecule has 0 spiro atoms. The van der Waals surface area contributed by atoms with Gasteiger partial charge in [0.2, 0.25) is 5.91 Å². The highest BCUT2D eigenvalue weighted by Gasteiger charge is 2.31. The third-order valence-electron chi connectivity index (χ3n) is 4.63. The largest absolute Gasteiger partial charge is 0.392 e. The Morgan fingerprint density at radius 2 is 1.88 bits per heavy atom. The van der Waals surface area contributed by atoms with Gasteiger partial charge in [0, 0.05) is 44.3 Å². The highest BCUT2D eigenvalue weighted by atomic mass is 35.5. The van der Waals surface area contributed by atoms with E-state index in [2.05, 4.69) is 22.3 Å². The van der Waals surface area contributed by atoms with Gasteiger partial charge in [0.25, 0.3) is 0 Å². The first-order valence-corrected chi connectivity index (χ1v) is 8.66. The van der Waals surface area contributed by atoms with Crippen molar-refractivity contribution in [3.05, 3.63) is 34.9 Å². The molecule has 8 heteroatoms. The van der Waals surface area contributed by atoms with Crippen molar-refractivity contribution in [3.8, 4) is 0 Å². The summed E-state index contributed by atoms with van der Waals surface area (Å²) in [5.74, 6) is 0.134. The van der Waals surface area contributed by atoms with Crippen LogP contribution >= 0.6 is 36.4 Å². The van der Waals surface area contributed by atoms with Crippen LogP contribution in [-0.2, 0) is 11.3 Å². The first-order valence-electron chi connectivity index (χ1n) is 8.29. The summed E-state index contributed by atoms with van der Waals surface area (Å²) >= 11 is 5.93. The fraction of sp³-hybridized carbons (Fsp3) is 0.588. The quantitative estimate of drug-likeness (QED) is 0.799. The van der Waals surface area contributed by atoms with Crippen molar-refractivity contribution < 1.29 is 9.90 Å². The lowest BCUT2D eigenvalue weighted by molar-refractivity contribution is -0.133. The average molecular weight is 411 g/mol. The normalized spacial score (nSPS) is 24.2. The zero-order chi connectivity index (χ0) is 16.2. The van der Waals surface area contributed by atoms with E-state index < -0.39 is 6.10 Å². The molecule has 2 unspecified atom stereocenters. The third kappa shape index (κ3) is 6.27. The van der Waals surface area contributed by atoms with Crippen molar-refractivity contribution in [3.63, 3.8) is 0 Å². The molecule has 0 aromatic heterocycles. The standard InChI is InChI=1S/C17H24ClN3O2.2ClH/c18-14-4-2-13(3-5-14)12-20-6-1-7-21(9-8-20)17(23)16-10-15(22)11-19-16;;/h2-5,15-16,19,22H,1,6-12H2;2*1H. The van der Waals surface area contributed by atoms with Crippen LogP contribution in [-0.4, -0.2) is 65.7 Å². The van der Waals surface area contributed by atoms with Gasteiger partial charge in [-0.25, -0.2) is 0 Å². The molecule has 2 aliphatic heterocycles. The van der Waals surface area contributed by atoms with Crippen molar-refractivity contribution in [2.45, 2.75) is 31.5 Å². The van der Waals surface area contributed by atoms with E-state index in [1.165, 1.54) is 5.56 Å². The Hall–Kier alpha value is -0.560. The van der Waals surface area contributed by atoms with E-state index in [4.69, 9.17) is 11.6 Å². The number of β-amino-alcohol motifs (C(OH)–C–C–N with tert-alkyl or cyclic N) is 1. The summed E-state index contributed by atoms with van der Waals surface area (Å²) in [6, 6.07) is 7.73. The molecule has 2 heterocycles.